The van der Waals surface area contributed by atoms with E-state index < -0.39 is 0 Å². The van der Waals surface area contributed by atoms with Crippen LogP contribution in [0, 0.1) is 0 Å². The van der Waals surface area contributed by atoms with E-state index in [1.165, 1.54) is 0 Å². The first-order valence-corrected chi connectivity index (χ1v) is 6.57. The van der Waals surface area contributed by atoms with Crippen molar-refractivity contribution in [3.8, 4) is 5.75 Å². The summed E-state index contributed by atoms with van der Waals surface area (Å²) >= 11 is 0. The maximum absolute atomic E-state index is 12.1. The van der Waals surface area contributed by atoms with Crippen molar-refractivity contribution in [3.05, 3.63) is 70.3 Å². The van der Waals surface area contributed by atoms with Gasteiger partial charge in [-0.2, -0.15) is 0 Å². The Balaban J connectivity index is 2.01. The number of ether oxygens (including phenoxy) is 1. The number of hydrogen-bond acceptors (Lipinski definition) is 3. The van der Waals surface area contributed by atoms with Crippen molar-refractivity contribution in [1.29, 1.82) is 0 Å². The molecule has 0 aliphatic heterocycles. The lowest BCUT2D eigenvalue weighted by Crippen LogP contribution is -2.09. The highest BCUT2D eigenvalue weighted by atomic mass is 16.5. The zero-order valence-corrected chi connectivity index (χ0v) is 11.5. The molecule has 0 atom stereocenters. The van der Waals surface area contributed by atoms with Gasteiger partial charge < -0.3 is 9.72 Å². The molecule has 4 heteroatoms. The van der Waals surface area contributed by atoms with Crippen LogP contribution in [0.1, 0.15) is 11.4 Å². The molecule has 21 heavy (non-hydrogen) atoms. The van der Waals surface area contributed by atoms with Crippen LogP contribution in [-0.4, -0.2) is 17.1 Å². The Morgan fingerprint density at radius 2 is 1.90 bits per heavy atom. The van der Waals surface area contributed by atoms with Crippen molar-refractivity contribution >= 4 is 23.1 Å². The molecule has 0 saturated heterocycles. The fourth-order valence-electron chi connectivity index (χ4n) is 2.08. The molecule has 0 unspecified atom stereocenters. The van der Waals surface area contributed by atoms with E-state index in [0.29, 0.717) is 22.5 Å². The lowest BCUT2D eigenvalue weighted by atomic mass is 10.2. The van der Waals surface area contributed by atoms with Crippen molar-refractivity contribution in [1.82, 2.24) is 9.97 Å². The number of fused-ring (bicyclic) bond motifs is 1. The average molecular weight is 278 g/mol. The molecule has 0 amide bonds. The van der Waals surface area contributed by atoms with E-state index in [4.69, 9.17) is 4.74 Å². The molecule has 104 valence electrons. The second-order valence-electron chi connectivity index (χ2n) is 4.58. The highest BCUT2D eigenvalue weighted by Gasteiger charge is 2.03. The first-order valence-electron chi connectivity index (χ1n) is 6.57. The number of aromatic nitrogens is 2. The molecular formula is C17H14N2O2. The van der Waals surface area contributed by atoms with Gasteiger partial charge in [0.2, 0.25) is 0 Å². The molecule has 3 aromatic rings. The summed E-state index contributed by atoms with van der Waals surface area (Å²) in [5.41, 5.74) is 1.52. The Kier molecular flexibility index (Phi) is 3.51. The monoisotopic (exact) mass is 278 g/mol. The minimum Gasteiger partial charge on any atom is -0.497 e. The Hall–Kier alpha value is -2.88. The zero-order valence-electron chi connectivity index (χ0n) is 11.5. The third kappa shape index (κ3) is 2.84. The number of H-pyrrole nitrogens is 1. The first-order chi connectivity index (χ1) is 10.3. The summed E-state index contributed by atoms with van der Waals surface area (Å²) in [5.74, 6) is 1.17. The van der Waals surface area contributed by atoms with Gasteiger partial charge in [-0.1, -0.05) is 36.4 Å². The van der Waals surface area contributed by atoms with Crippen molar-refractivity contribution < 1.29 is 4.74 Å². The highest BCUT2D eigenvalue weighted by molar-refractivity contribution is 5.80. The Morgan fingerprint density at radius 1 is 1.10 bits per heavy atom. The van der Waals surface area contributed by atoms with Crippen LogP contribution in [0.4, 0.5) is 0 Å². The summed E-state index contributed by atoms with van der Waals surface area (Å²) in [6, 6.07) is 15.1. The molecule has 4 nitrogen and oxygen atoms in total. The second-order valence-corrected chi connectivity index (χ2v) is 4.58. The van der Waals surface area contributed by atoms with Gasteiger partial charge in [-0.25, -0.2) is 4.98 Å². The lowest BCUT2D eigenvalue weighted by Gasteiger charge is -2.02. The lowest BCUT2D eigenvalue weighted by molar-refractivity contribution is 0.415. The topological polar surface area (TPSA) is 55.0 Å². The van der Waals surface area contributed by atoms with E-state index in [1.54, 1.807) is 31.4 Å². The molecule has 1 aromatic heterocycles. The van der Waals surface area contributed by atoms with Crippen LogP contribution >= 0.6 is 0 Å². The van der Waals surface area contributed by atoms with E-state index in [2.05, 4.69) is 9.97 Å². The van der Waals surface area contributed by atoms with Crippen molar-refractivity contribution in [2.75, 3.05) is 7.11 Å². The third-order valence-corrected chi connectivity index (χ3v) is 3.16. The summed E-state index contributed by atoms with van der Waals surface area (Å²) in [6.07, 6.45) is 3.70. The van der Waals surface area contributed by atoms with E-state index in [1.807, 2.05) is 36.4 Å². The van der Waals surface area contributed by atoms with E-state index in [9.17, 15) is 4.79 Å². The molecule has 1 N–H and O–H groups in total. The average Bonchev–Trinajstić information content (AvgIpc) is 2.54. The maximum Gasteiger partial charge on any atom is 0.259 e. The fourth-order valence-corrected chi connectivity index (χ4v) is 2.08. The summed E-state index contributed by atoms with van der Waals surface area (Å²) < 4.78 is 5.12. The highest BCUT2D eigenvalue weighted by Crippen LogP contribution is 2.16. The molecule has 0 aliphatic rings. The summed E-state index contributed by atoms with van der Waals surface area (Å²) in [5, 5.41) is 0.520. The molecule has 0 bridgehead atoms. The minimum atomic E-state index is -0.174. The molecule has 0 fully saturated rings. The van der Waals surface area contributed by atoms with Gasteiger partial charge in [0.05, 0.1) is 18.0 Å². The van der Waals surface area contributed by atoms with E-state index in [-0.39, 0.29) is 5.56 Å². The van der Waals surface area contributed by atoms with E-state index in [0.717, 1.165) is 5.56 Å². The number of rotatable bonds is 3. The molecule has 2 aromatic carbocycles. The summed E-state index contributed by atoms with van der Waals surface area (Å²) in [6.45, 7) is 0. The van der Waals surface area contributed by atoms with Gasteiger partial charge in [0.25, 0.3) is 5.56 Å². The van der Waals surface area contributed by atoms with Crippen LogP contribution in [0.15, 0.2) is 53.3 Å². The standard InChI is InChI=1S/C17H14N2O2/c1-21-13-8-9-15-14(11-13)17(20)19-16(18-15)10-7-12-5-3-2-4-6-12/h2-11H,1H3,(H,18,19,20). The quantitative estimate of drug-likeness (QED) is 0.801. The zero-order chi connectivity index (χ0) is 14.7. The fraction of sp³-hybridized carbons (Fsp3) is 0.0588. The van der Waals surface area contributed by atoms with Gasteiger partial charge >= 0.3 is 0 Å². The molecular weight excluding hydrogens is 264 g/mol. The number of benzene rings is 2. The van der Waals surface area contributed by atoms with Crippen molar-refractivity contribution in [2.45, 2.75) is 0 Å². The molecule has 0 spiro atoms. The number of nitrogens with one attached hydrogen (secondary N) is 1. The SMILES string of the molecule is COc1ccc2nc(C=Cc3ccccc3)[nH]c(=O)c2c1. The number of aromatic amines is 1. The normalized spacial score (nSPS) is 11.1. The molecule has 0 radical (unpaired) electrons. The predicted molar refractivity (Wildman–Crippen MR) is 84.3 cm³/mol. The largest absolute Gasteiger partial charge is 0.497 e. The van der Waals surface area contributed by atoms with Gasteiger partial charge in [-0.15, -0.1) is 0 Å². The van der Waals surface area contributed by atoms with Gasteiger partial charge in [0, 0.05) is 0 Å². The molecule has 0 aliphatic carbocycles. The summed E-state index contributed by atoms with van der Waals surface area (Å²) in [7, 11) is 1.57. The predicted octanol–water partition coefficient (Wildman–Crippen LogP) is 3.10. The first kappa shape index (κ1) is 13.1. The van der Waals surface area contributed by atoms with Crippen LogP contribution in [-0.2, 0) is 0 Å². The van der Waals surface area contributed by atoms with Crippen LogP contribution < -0.4 is 10.3 Å². The molecule has 1 heterocycles. The van der Waals surface area contributed by atoms with Gasteiger partial charge in [0.15, 0.2) is 0 Å². The van der Waals surface area contributed by atoms with Gasteiger partial charge in [0.1, 0.15) is 11.6 Å². The van der Waals surface area contributed by atoms with Crippen molar-refractivity contribution in [2.24, 2.45) is 0 Å². The Bertz CT molecular complexity index is 852. The Morgan fingerprint density at radius 3 is 2.67 bits per heavy atom. The van der Waals surface area contributed by atoms with Gasteiger partial charge in [-0.05, 0) is 29.8 Å². The van der Waals surface area contributed by atoms with Crippen LogP contribution in [0.2, 0.25) is 0 Å². The van der Waals surface area contributed by atoms with Crippen molar-refractivity contribution in [3.63, 3.8) is 0 Å². The number of hydrogen-bond donors (Lipinski definition) is 1. The molecule has 3 rings (SSSR count). The number of nitrogens with zero attached hydrogens (tertiary/aromatic N) is 1. The molecule has 0 saturated carbocycles. The van der Waals surface area contributed by atoms with Crippen LogP contribution in [0.3, 0.4) is 0 Å². The summed E-state index contributed by atoms with van der Waals surface area (Å²) in [4.78, 5) is 19.3. The smallest absolute Gasteiger partial charge is 0.259 e. The van der Waals surface area contributed by atoms with E-state index >= 15 is 0 Å². The minimum absolute atomic E-state index is 0.174. The van der Waals surface area contributed by atoms with Crippen LogP contribution in [0.5, 0.6) is 5.75 Å². The van der Waals surface area contributed by atoms with Crippen LogP contribution in [0.25, 0.3) is 23.1 Å². The second kappa shape index (κ2) is 5.63. The third-order valence-electron chi connectivity index (χ3n) is 3.16. The number of methoxy groups -OCH3 is 1. The van der Waals surface area contributed by atoms with Gasteiger partial charge in [-0.3, -0.25) is 4.79 Å². The Labute approximate surface area is 121 Å². The maximum atomic E-state index is 12.1.